The Kier molecular flexibility index (Phi) is 6.74. The van der Waals surface area contributed by atoms with Crippen LogP contribution in [0.4, 0.5) is 0 Å². The van der Waals surface area contributed by atoms with Crippen molar-refractivity contribution in [2.45, 2.75) is 52.6 Å². The lowest BCUT2D eigenvalue weighted by molar-refractivity contribution is 0.0950. The summed E-state index contributed by atoms with van der Waals surface area (Å²) in [7, 11) is 1.68. The Morgan fingerprint density at radius 3 is 2.46 bits per heavy atom. The van der Waals surface area contributed by atoms with Crippen molar-refractivity contribution in [3.63, 3.8) is 0 Å². The highest BCUT2D eigenvalue weighted by Gasteiger charge is 2.17. The summed E-state index contributed by atoms with van der Waals surface area (Å²) in [6.45, 7) is 10.0. The van der Waals surface area contributed by atoms with Crippen molar-refractivity contribution < 1.29 is 9.53 Å². The topological polar surface area (TPSA) is 41.6 Å². The number of nitrogens with one attached hydrogen (secondary N) is 1. The van der Waals surface area contributed by atoms with Gasteiger partial charge in [-0.05, 0) is 73.2 Å². The second kappa shape index (κ2) is 9.24. The number of carbonyl (C=O) groups is 1. The Morgan fingerprint density at radius 2 is 1.82 bits per heavy atom. The number of methoxy groups -OCH3 is 1. The molecule has 0 saturated carbocycles. The second-order valence-corrected chi connectivity index (χ2v) is 8.00. The summed E-state index contributed by atoms with van der Waals surface area (Å²) in [5.74, 6) is 1.11. The minimum Gasteiger partial charge on any atom is -0.496 e. The molecule has 4 nitrogen and oxygen atoms in total. The van der Waals surface area contributed by atoms with Gasteiger partial charge in [0.15, 0.2) is 0 Å². The van der Waals surface area contributed by atoms with Gasteiger partial charge in [0, 0.05) is 18.7 Å². The number of benzene rings is 2. The molecule has 3 rings (SSSR count). The van der Waals surface area contributed by atoms with Gasteiger partial charge in [-0.1, -0.05) is 38.1 Å². The zero-order valence-electron chi connectivity index (χ0n) is 17.5. The van der Waals surface area contributed by atoms with Gasteiger partial charge in [-0.3, -0.25) is 9.69 Å². The van der Waals surface area contributed by atoms with Gasteiger partial charge in [0.2, 0.25) is 0 Å². The molecule has 0 bridgehead atoms. The predicted octanol–water partition coefficient (Wildman–Crippen LogP) is 4.65. The third-order valence-electron chi connectivity index (χ3n) is 5.59. The number of rotatable bonds is 7. The fourth-order valence-corrected chi connectivity index (χ4v) is 3.91. The predicted molar refractivity (Wildman–Crippen MR) is 114 cm³/mol. The first-order chi connectivity index (χ1) is 13.5. The maximum atomic E-state index is 12.9. The molecule has 1 heterocycles. The lowest BCUT2D eigenvalue weighted by Crippen LogP contribution is -2.25. The van der Waals surface area contributed by atoms with E-state index >= 15 is 0 Å². The van der Waals surface area contributed by atoms with E-state index in [2.05, 4.69) is 42.3 Å². The third kappa shape index (κ3) is 4.74. The van der Waals surface area contributed by atoms with Crippen molar-refractivity contribution in [2.75, 3.05) is 20.2 Å². The van der Waals surface area contributed by atoms with Crippen LogP contribution in [0, 0.1) is 6.92 Å². The molecule has 4 heteroatoms. The largest absolute Gasteiger partial charge is 0.496 e. The Labute approximate surface area is 168 Å². The van der Waals surface area contributed by atoms with Crippen LogP contribution in [0.5, 0.6) is 5.75 Å². The molecule has 0 aliphatic carbocycles. The van der Waals surface area contributed by atoms with Crippen LogP contribution in [0.3, 0.4) is 0 Å². The quantitative estimate of drug-likeness (QED) is 0.760. The molecule has 2 aromatic rings. The number of amides is 1. The summed E-state index contributed by atoms with van der Waals surface area (Å²) < 4.78 is 5.49. The van der Waals surface area contributed by atoms with Gasteiger partial charge in [0.1, 0.15) is 5.75 Å². The molecule has 0 radical (unpaired) electrons. The molecule has 0 unspecified atom stereocenters. The number of nitrogens with zero attached hydrogens (tertiary/aromatic N) is 1. The molecule has 1 N–H and O–H groups in total. The first kappa shape index (κ1) is 20.4. The van der Waals surface area contributed by atoms with Gasteiger partial charge < -0.3 is 10.1 Å². The van der Waals surface area contributed by atoms with Crippen LogP contribution in [0.25, 0.3) is 0 Å². The summed E-state index contributed by atoms with van der Waals surface area (Å²) in [6.07, 6.45) is 2.57. The summed E-state index contributed by atoms with van der Waals surface area (Å²) in [4.78, 5) is 15.4. The fourth-order valence-electron chi connectivity index (χ4n) is 3.91. The van der Waals surface area contributed by atoms with Crippen molar-refractivity contribution in [3.8, 4) is 5.75 Å². The standard InChI is InChI=1S/C24H32N2O2/c1-17(2)21-14-22(18(3)13-23(21)28-4)24(27)25-15-19-9-5-6-10-20(19)16-26-11-7-8-12-26/h5-6,9-10,13-14,17H,7-8,11-12,15-16H2,1-4H3,(H,25,27). The van der Waals surface area contributed by atoms with Crippen LogP contribution in [0.1, 0.15) is 65.2 Å². The number of likely N-dealkylation sites (tertiary alicyclic amines) is 1. The number of ether oxygens (including phenoxy) is 1. The smallest absolute Gasteiger partial charge is 0.251 e. The highest BCUT2D eigenvalue weighted by molar-refractivity contribution is 5.96. The minimum absolute atomic E-state index is 0.0296. The van der Waals surface area contributed by atoms with E-state index in [1.54, 1.807) is 7.11 Å². The Bertz CT molecular complexity index is 823. The lowest BCUT2D eigenvalue weighted by atomic mass is 9.96. The molecular weight excluding hydrogens is 348 g/mol. The highest BCUT2D eigenvalue weighted by atomic mass is 16.5. The minimum atomic E-state index is -0.0296. The summed E-state index contributed by atoms with van der Waals surface area (Å²) >= 11 is 0. The van der Waals surface area contributed by atoms with Crippen LogP contribution in [-0.4, -0.2) is 31.0 Å². The van der Waals surface area contributed by atoms with Crippen LogP contribution in [-0.2, 0) is 13.1 Å². The molecule has 0 spiro atoms. The Balaban J connectivity index is 1.73. The molecule has 1 fully saturated rings. The van der Waals surface area contributed by atoms with Gasteiger partial charge in [-0.25, -0.2) is 0 Å². The van der Waals surface area contributed by atoms with Crippen LogP contribution in [0.15, 0.2) is 36.4 Å². The first-order valence-corrected chi connectivity index (χ1v) is 10.3. The van der Waals surface area contributed by atoms with Gasteiger partial charge in [0.25, 0.3) is 5.91 Å². The number of carbonyl (C=O) groups excluding carboxylic acids is 1. The summed E-state index contributed by atoms with van der Waals surface area (Å²) in [6, 6.07) is 12.4. The normalized spacial score (nSPS) is 14.5. The van der Waals surface area contributed by atoms with Crippen molar-refractivity contribution in [2.24, 2.45) is 0 Å². The number of aryl methyl sites for hydroxylation is 1. The van der Waals surface area contributed by atoms with Crippen LogP contribution < -0.4 is 10.1 Å². The van der Waals surface area contributed by atoms with E-state index in [9.17, 15) is 4.79 Å². The number of hydrogen-bond donors (Lipinski definition) is 1. The maximum absolute atomic E-state index is 12.9. The van der Waals surface area contributed by atoms with Crippen molar-refractivity contribution >= 4 is 5.91 Å². The first-order valence-electron chi connectivity index (χ1n) is 10.3. The molecule has 1 aliphatic rings. The number of hydrogen-bond acceptors (Lipinski definition) is 3. The molecule has 1 amide bonds. The lowest BCUT2D eigenvalue weighted by Gasteiger charge is -2.18. The molecular formula is C24H32N2O2. The fraction of sp³-hybridized carbons (Fsp3) is 0.458. The Morgan fingerprint density at radius 1 is 1.14 bits per heavy atom. The van der Waals surface area contributed by atoms with E-state index < -0.39 is 0 Å². The van der Waals surface area contributed by atoms with Gasteiger partial charge >= 0.3 is 0 Å². The molecule has 1 aliphatic heterocycles. The third-order valence-corrected chi connectivity index (χ3v) is 5.59. The summed E-state index contributed by atoms with van der Waals surface area (Å²) in [5, 5.41) is 3.13. The molecule has 2 aromatic carbocycles. The van der Waals surface area contributed by atoms with Gasteiger partial charge in [-0.2, -0.15) is 0 Å². The van der Waals surface area contributed by atoms with Crippen LogP contribution >= 0.6 is 0 Å². The van der Waals surface area contributed by atoms with Gasteiger partial charge in [0.05, 0.1) is 7.11 Å². The molecule has 28 heavy (non-hydrogen) atoms. The van der Waals surface area contributed by atoms with E-state index in [-0.39, 0.29) is 5.91 Å². The molecule has 1 saturated heterocycles. The van der Waals surface area contributed by atoms with E-state index in [0.717, 1.165) is 29.0 Å². The van der Waals surface area contributed by atoms with Crippen molar-refractivity contribution in [3.05, 3.63) is 64.2 Å². The van der Waals surface area contributed by atoms with Crippen LogP contribution in [0.2, 0.25) is 0 Å². The highest BCUT2D eigenvalue weighted by Crippen LogP contribution is 2.29. The molecule has 0 aromatic heterocycles. The van der Waals surface area contributed by atoms with Crippen molar-refractivity contribution in [1.82, 2.24) is 10.2 Å². The average molecular weight is 381 g/mol. The van der Waals surface area contributed by atoms with E-state index in [4.69, 9.17) is 4.74 Å². The SMILES string of the molecule is COc1cc(C)c(C(=O)NCc2ccccc2CN2CCCC2)cc1C(C)C. The second-order valence-electron chi connectivity index (χ2n) is 8.00. The van der Waals surface area contributed by atoms with Gasteiger partial charge in [-0.15, -0.1) is 0 Å². The molecule has 150 valence electrons. The van der Waals surface area contributed by atoms with E-state index in [1.807, 2.05) is 25.1 Å². The van der Waals surface area contributed by atoms with E-state index in [1.165, 1.54) is 37.1 Å². The zero-order valence-corrected chi connectivity index (χ0v) is 17.5. The Hall–Kier alpha value is -2.33. The summed E-state index contributed by atoms with van der Waals surface area (Å²) in [5.41, 5.74) is 5.22. The zero-order chi connectivity index (χ0) is 20.1. The van der Waals surface area contributed by atoms with Crippen molar-refractivity contribution in [1.29, 1.82) is 0 Å². The average Bonchev–Trinajstić information content (AvgIpc) is 3.19. The maximum Gasteiger partial charge on any atom is 0.251 e. The monoisotopic (exact) mass is 380 g/mol. The molecule has 0 atom stereocenters. The van der Waals surface area contributed by atoms with E-state index in [0.29, 0.717) is 12.5 Å².